The van der Waals surface area contributed by atoms with Gasteiger partial charge in [-0.25, -0.2) is 18.7 Å². The molecule has 0 bridgehead atoms. The van der Waals surface area contributed by atoms with Gasteiger partial charge in [0.05, 0.1) is 36.4 Å². The van der Waals surface area contributed by atoms with E-state index in [2.05, 4.69) is 15.3 Å². The first-order chi connectivity index (χ1) is 15.3. The van der Waals surface area contributed by atoms with Gasteiger partial charge in [-0.2, -0.15) is 0 Å². The molecule has 0 heterocycles. The molecule has 0 saturated carbocycles. The molecule has 2 aromatic carbocycles. The SMILES string of the molecule is O=C(NOCC(O)CO)c1cc(/C=N/OCCO)c(F)c(F)c1Nc1ccc(I)cc1F. The van der Waals surface area contributed by atoms with Crippen molar-refractivity contribution in [2.45, 2.75) is 6.10 Å². The number of aliphatic hydroxyl groups is 3. The molecule has 0 aliphatic heterocycles. The first-order valence-electron chi connectivity index (χ1n) is 8.99. The molecule has 0 fully saturated rings. The van der Waals surface area contributed by atoms with Crippen LogP contribution in [0.3, 0.4) is 0 Å². The Morgan fingerprint density at radius 3 is 2.62 bits per heavy atom. The number of aliphatic hydroxyl groups excluding tert-OH is 3. The van der Waals surface area contributed by atoms with E-state index >= 15 is 0 Å². The number of nitrogens with one attached hydrogen (secondary N) is 2. The minimum atomic E-state index is -1.50. The molecule has 0 spiro atoms. The summed E-state index contributed by atoms with van der Waals surface area (Å²) in [5.74, 6) is -4.74. The second-order valence-corrected chi connectivity index (χ2v) is 7.38. The number of hydrogen-bond donors (Lipinski definition) is 5. The molecule has 174 valence electrons. The van der Waals surface area contributed by atoms with Crippen molar-refractivity contribution in [3.63, 3.8) is 0 Å². The maximum atomic E-state index is 14.9. The molecule has 0 aliphatic rings. The summed E-state index contributed by atoms with van der Waals surface area (Å²) < 4.78 is 44.2. The third kappa shape index (κ3) is 7.03. The summed E-state index contributed by atoms with van der Waals surface area (Å²) >= 11 is 1.87. The standard InChI is InChI=1S/C19H19F3IN3O6/c20-14-6-11(23)1-2-15(14)25-18-13(19(30)26-32-9-12(29)8-28)5-10(16(21)17(18)22)7-24-31-4-3-27/h1-2,5-7,12,25,27-29H,3-4,8-9H2,(H,26,30)/b24-7+. The van der Waals surface area contributed by atoms with Crippen LogP contribution in [0.4, 0.5) is 24.5 Å². The molecule has 1 atom stereocenters. The lowest BCUT2D eigenvalue weighted by Crippen LogP contribution is -2.30. The molecule has 0 aromatic heterocycles. The number of halogens is 4. The van der Waals surface area contributed by atoms with E-state index in [-0.39, 0.29) is 18.9 Å². The first kappa shape index (κ1) is 25.8. The molecule has 0 saturated heterocycles. The van der Waals surface area contributed by atoms with Crippen molar-refractivity contribution in [2.24, 2.45) is 5.16 Å². The second kappa shape index (κ2) is 12.5. The summed E-state index contributed by atoms with van der Waals surface area (Å²) in [6.07, 6.45) is -0.499. The Bertz CT molecular complexity index is 980. The number of amides is 1. The first-order valence-corrected chi connectivity index (χ1v) is 10.1. The number of oxime groups is 1. The third-order valence-corrected chi connectivity index (χ3v) is 4.44. The average Bonchev–Trinajstić information content (AvgIpc) is 2.76. The highest BCUT2D eigenvalue weighted by Gasteiger charge is 2.23. The fourth-order valence-corrected chi connectivity index (χ4v) is 2.72. The highest BCUT2D eigenvalue weighted by molar-refractivity contribution is 14.1. The van der Waals surface area contributed by atoms with E-state index in [0.29, 0.717) is 3.57 Å². The Balaban J connectivity index is 2.43. The number of hydrogen-bond acceptors (Lipinski definition) is 8. The van der Waals surface area contributed by atoms with Crippen molar-refractivity contribution in [2.75, 3.05) is 31.7 Å². The van der Waals surface area contributed by atoms with Crippen LogP contribution in [0.2, 0.25) is 0 Å². The lowest BCUT2D eigenvalue weighted by Gasteiger charge is -2.16. The van der Waals surface area contributed by atoms with Gasteiger partial charge in [-0.05, 0) is 46.9 Å². The second-order valence-electron chi connectivity index (χ2n) is 6.14. The van der Waals surface area contributed by atoms with Crippen LogP contribution in [0, 0.1) is 21.0 Å². The smallest absolute Gasteiger partial charge is 0.277 e. The summed E-state index contributed by atoms with van der Waals surface area (Å²) in [7, 11) is 0. The molecule has 0 radical (unpaired) electrons. The largest absolute Gasteiger partial charge is 0.394 e. The van der Waals surface area contributed by atoms with Gasteiger partial charge in [-0.3, -0.25) is 9.63 Å². The van der Waals surface area contributed by atoms with Crippen molar-refractivity contribution in [1.29, 1.82) is 0 Å². The van der Waals surface area contributed by atoms with E-state index in [1.807, 2.05) is 28.1 Å². The zero-order valence-electron chi connectivity index (χ0n) is 16.3. The van der Waals surface area contributed by atoms with Crippen LogP contribution in [0.25, 0.3) is 0 Å². The van der Waals surface area contributed by atoms with Gasteiger partial charge in [0.1, 0.15) is 25.1 Å². The van der Waals surface area contributed by atoms with Crippen LogP contribution in [0.5, 0.6) is 0 Å². The topological polar surface area (TPSA) is 133 Å². The Morgan fingerprint density at radius 1 is 1.22 bits per heavy atom. The predicted molar refractivity (Wildman–Crippen MR) is 116 cm³/mol. The van der Waals surface area contributed by atoms with Crippen molar-refractivity contribution in [1.82, 2.24) is 5.48 Å². The van der Waals surface area contributed by atoms with E-state index in [1.165, 1.54) is 12.1 Å². The van der Waals surface area contributed by atoms with Gasteiger partial charge in [0.25, 0.3) is 5.91 Å². The quantitative estimate of drug-likeness (QED) is 0.121. The normalized spacial score (nSPS) is 12.1. The number of nitrogens with zero attached hydrogens (tertiary/aromatic N) is 1. The lowest BCUT2D eigenvalue weighted by molar-refractivity contribution is -0.0295. The number of carbonyl (C=O) groups is 1. The number of hydroxylamine groups is 1. The van der Waals surface area contributed by atoms with Crippen LogP contribution in [0.1, 0.15) is 15.9 Å². The van der Waals surface area contributed by atoms with Crippen LogP contribution < -0.4 is 10.8 Å². The maximum Gasteiger partial charge on any atom is 0.277 e. The summed E-state index contributed by atoms with van der Waals surface area (Å²) in [6.45, 7) is -1.66. The summed E-state index contributed by atoms with van der Waals surface area (Å²) in [4.78, 5) is 21.9. The molecule has 5 N–H and O–H groups in total. The molecular weight excluding hydrogens is 550 g/mol. The molecule has 0 aliphatic carbocycles. The van der Waals surface area contributed by atoms with Gasteiger partial charge in [0.2, 0.25) is 0 Å². The minimum Gasteiger partial charge on any atom is -0.394 e. The third-order valence-electron chi connectivity index (χ3n) is 3.77. The van der Waals surface area contributed by atoms with Gasteiger partial charge in [0, 0.05) is 9.13 Å². The van der Waals surface area contributed by atoms with Crippen molar-refractivity contribution in [3.8, 4) is 0 Å². The van der Waals surface area contributed by atoms with E-state index < -0.39 is 59.5 Å². The Kier molecular flexibility index (Phi) is 10.1. The molecule has 2 rings (SSSR count). The summed E-state index contributed by atoms with van der Waals surface area (Å²) in [5, 5.41) is 32.4. The Hall–Kier alpha value is -2.46. The monoisotopic (exact) mass is 569 g/mol. The summed E-state index contributed by atoms with van der Waals surface area (Å²) in [6, 6.07) is 4.86. The molecule has 2 aromatic rings. The molecule has 9 nitrogen and oxygen atoms in total. The van der Waals surface area contributed by atoms with Crippen LogP contribution in [0.15, 0.2) is 29.4 Å². The molecule has 13 heteroatoms. The zero-order valence-corrected chi connectivity index (χ0v) is 18.5. The number of rotatable bonds is 11. The van der Waals surface area contributed by atoms with Crippen molar-refractivity contribution in [3.05, 3.63) is 56.4 Å². The van der Waals surface area contributed by atoms with E-state index in [4.69, 9.17) is 15.1 Å². The van der Waals surface area contributed by atoms with E-state index in [0.717, 1.165) is 18.3 Å². The predicted octanol–water partition coefficient (Wildman–Crippen LogP) is 1.81. The van der Waals surface area contributed by atoms with Gasteiger partial charge >= 0.3 is 0 Å². The average molecular weight is 569 g/mol. The van der Waals surface area contributed by atoms with Gasteiger partial charge < -0.3 is 25.5 Å². The van der Waals surface area contributed by atoms with Gasteiger partial charge in [-0.1, -0.05) is 5.16 Å². The highest BCUT2D eigenvalue weighted by atomic mass is 127. The Labute approximate surface area is 193 Å². The van der Waals surface area contributed by atoms with Crippen LogP contribution >= 0.6 is 22.6 Å². The maximum absolute atomic E-state index is 14.9. The number of carbonyl (C=O) groups excluding carboxylic acids is 1. The molecule has 32 heavy (non-hydrogen) atoms. The summed E-state index contributed by atoms with van der Waals surface area (Å²) in [5.41, 5.74) is 0.0608. The number of anilines is 2. The van der Waals surface area contributed by atoms with E-state index in [9.17, 15) is 23.1 Å². The van der Waals surface area contributed by atoms with Crippen LogP contribution in [-0.4, -0.2) is 60.0 Å². The molecule has 1 unspecified atom stereocenters. The lowest BCUT2D eigenvalue weighted by atomic mass is 10.1. The fraction of sp³-hybridized carbons (Fsp3) is 0.263. The van der Waals surface area contributed by atoms with E-state index in [1.54, 1.807) is 0 Å². The van der Waals surface area contributed by atoms with Gasteiger partial charge in [0.15, 0.2) is 11.6 Å². The van der Waals surface area contributed by atoms with Crippen molar-refractivity contribution < 1.29 is 43.0 Å². The minimum absolute atomic E-state index is 0.194. The molecular formula is C19H19F3IN3O6. The zero-order chi connectivity index (χ0) is 23.7. The van der Waals surface area contributed by atoms with Crippen LogP contribution in [-0.2, 0) is 9.68 Å². The fourth-order valence-electron chi connectivity index (χ4n) is 2.27. The van der Waals surface area contributed by atoms with Crippen molar-refractivity contribution >= 4 is 46.1 Å². The van der Waals surface area contributed by atoms with Gasteiger partial charge in [-0.15, -0.1) is 0 Å². The number of benzene rings is 2. The Morgan fingerprint density at radius 2 is 1.97 bits per heavy atom. The highest BCUT2D eigenvalue weighted by Crippen LogP contribution is 2.30. The molecule has 1 amide bonds.